The van der Waals surface area contributed by atoms with Crippen LogP contribution in [0.3, 0.4) is 0 Å². The van der Waals surface area contributed by atoms with Crippen LogP contribution in [0, 0.1) is 24.1 Å². The molecule has 6 nitrogen and oxygen atoms in total. The SMILES string of the molecule is COCCCn1c(O)c(C=Nc2ccc(F)cc2)c(C)c(C#N)c1=O. The number of ether oxygens (including phenoxy) is 1. The minimum atomic E-state index is -0.549. The zero-order chi connectivity index (χ0) is 18.4. The van der Waals surface area contributed by atoms with Gasteiger partial charge < -0.3 is 9.84 Å². The molecule has 0 radical (unpaired) electrons. The second kappa shape index (κ2) is 8.22. The van der Waals surface area contributed by atoms with Crippen molar-refractivity contribution in [1.29, 1.82) is 5.26 Å². The number of aromatic hydroxyl groups is 1. The van der Waals surface area contributed by atoms with Crippen LogP contribution >= 0.6 is 0 Å². The van der Waals surface area contributed by atoms with Crippen LogP contribution in [0.2, 0.25) is 0 Å². The Kier molecular flexibility index (Phi) is 6.03. The number of methoxy groups -OCH3 is 1. The van der Waals surface area contributed by atoms with Crippen LogP contribution in [0.25, 0.3) is 0 Å². The molecular weight excluding hydrogens is 325 g/mol. The van der Waals surface area contributed by atoms with Crippen LogP contribution in [0.4, 0.5) is 10.1 Å². The van der Waals surface area contributed by atoms with Crippen LogP contribution in [0.5, 0.6) is 5.88 Å². The molecule has 0 unspecified atom stereocenters. The Morgan fingerprint density at radius 3 is 2.68 bits per heavy atom. The molecule has 1 aromatic carbocycles. The first kappa shape index (κ1) is 18.4. The van der Waals surface area contributed by atoms with Gasteiger partial charge in [0.15, 0.2) is 0 Å². The molecule has 0 aliphatic carbocycles. The molecule has 0 aliphatic rings. The van der Waals surface area contributed by atoms with Gasteiger partial charge >= 0.3 is 0 Å². The summed E-state index contributed by atoms with van der Waals surface area (Å²) in [6, 6.07) is 7.39. The first-order chi connectivity index (χ1) is 12.0. The Hall–Kier alpha value is -2.98. The summed E-state index contributed by atoms with van der Waals surface area (Å²) in [6.45, 7) is 2.21. The number of hydrogen-bond acceptors (Lipinski definition) is 5. The van der Waals surface area contributed by atoms with Crippen LogP contribution in [0.1, 0.15) is 23.1 Å². The normalized spacial score (nSPS) is 11.0. The van der Waals surface area contributed by atoms with Gasteiger partial charge in [-0.2, -0.15) is 5.26 Å². The van der Waals surface area contributed by atoms with E-state index in [0.717, 1.165) is 4.57 Å². The number of halogens is 1. The number of hydrogen-bond donors (Lipinski definition) is 1. The Balaban J connectivity index is 2.49. The Labute approximate surface area is 144 Å². The Morgan fingerprint density at radius 1 is 1.40 bits per heavy atom. The lowest BCUT2D eigenvalue weighted by Gasteiger charge is -2.13. The molecule has 0 aliphatic heterocycles. The molecule has 2 aromatic rings. The van der Waals surface area contributed by atoms with E-state index < -0.39 is 5.56 Å². The zero-order valence-corrected chi connectivity index (χ0v) is 14.0. The fourth-order valence-corrected chi connectivity index (χ4v) is 2.37. The summed E-state index contributed by atoms with van der Waals surface area (Å²) in [5, 5.41) is 19.7. The molecule has 0 atom stereocenters. The van der Waals surface area contributed by atoms with Crippen molar-refractivity contribution in [3.05, 3.63) is 57.1 Å². The highest BCUT2D eigenvalue weighted by Gasteiger charge is 2.17. The number of benzene rings is 1. The molecular formula is C18H18FN3O3. The number of pyridine rings is 1. The maximum Gasteiger partial charge on any atom is 0.271 e. The van der Waals surface area contributed by atoms with Crippen molar-refractivity contribution >= 4 is 11.9 Å². The first-order valence-electron chi connectivity index (χ1n) is 7.64. The maximum absolute atomic E-state index is 12.9. The summed E-state index contributed by atoms with van der Waals surface area (Å²) in [7, 11) is 1.54. The number of rotatable bonds is 6. The van der Waals surface area contributed by atoms with Gasteiger partial charge in [0.05, 0.1) is 11.3 Å². The predicted octanol–water partition coefficient (Wildman–Crippen LogP) is 2.66. The van der Waals surface area contributed by atoms with Crippen LogP contribution in [-0.4, -0.2) is 29.6 Å². The summed E-state index contributed by atoms with van der Waals surface area (Å²) in [6.07, 6.45) is 1.87. The highest BCUT2D eigenvalue weighted by Crippen LogP contribution is 2.21. The minimum absolute atomic E-state index is 0.0456. The smallest absolute Gasteiger partial charge is 0.271 e. The maximum atomic E-state index is 12.9. The van der Waals surface area contributed by atoms with Crippen molar-refractivity contribution in [3.63, 3.8) is 0 Å². The molecule has 1 heterocycles. The molecule has 0 saturated carbocycles. The predicted molar refractivity (Wildman–Crippen MR) is 92.0 cm³/mol. The Morgan fingerprint density at radius 2 is 2.08 bits per heavy atom. The lowest BCUT2D eigenvalue weighted by atomic mass is 10.1. The molecule has 2 rings (SSSR count). The standard InChI is InChI=1S/C18H18FN3O3/c1-12-15(10-20)17(23)22(8-3-9-25-2)18(24)16(12)11-21-14-6-4-13(19)5-7-14/h4-7,11,24H,3,8-9H2,1-2H3. The van der Waals surface area contributed by atoms with Crippen molar-refractivity contribution in [3.8, 4) is 11.9 Å². The van der Waals surface area contributed by atoms with Crippen molar-refractivity contribution < 1.29 is 14.2 Å². The number of aliphatic imine (C=N–C) groups is 1. The van der Waals surface area contributed by atoms with E-state index in [2.05, 4.69) is 4.99 Å². The van der Waals surface area contributed by atoms with Gasteiger partial charge in [0.1, 0.15) is 17.4 Å². The van der Waals surface area contributed by atoms with E-state index in [1.54, 1.807) is 14.0 Å². The molecule has 0 amide bonds. The molecule has 0 saturated heterocycles. The number of nitrogens with zero attached hydrogens (tertiary/aromatic N) is 3. The average molecular weight is 343 g/mol. The number of aromatic nitrogens is 1. The van der Waals surface area contributed by atoms with Crippen molar-refractivity contribution in [1.82, 2.24) is 4.57 Å². The number of nitriles is 1. The van der Waals surface area contributed by atoms with Gasteiger partial charge in [0.2, 0.25) is 5.88 Å². The van der Waals surface area contributed by atoms with Crippen molar-refractivity contribution in [2.45, 2.75) is 19.9 Å². The molecule has 130 valence electrons. The lowest BCUT2D eigenvalue weighted by molar-refractivity contribution is 0.188. The second-order valence-electron chi connectivity index (χ2n) is 5.39. The third-order valence-electron chi connectivity index (χ3n) is 3.75. The quantitative estimate of drug-likeness (QED) is 0.645. The summed E-state index contributed by atoms with van der Waals surface area (Å²) < 4.78 is 19.0. The summed E-state index contributed by atoms with van der Waals surface area (Å²) in [5.74, 6) is -0.639. The lowest BCUT2D eigenvalue weighted by Crippen LogP contribution is -2.26. The van der Waals surface area contributed by atoms with Gasteiger partial charge in [-0.05, 0) is 43.2 Å². The Bertz CT molecular complexity index is 880. The summed E-state index contributed by atoms with van der Waals surface area (Å²) in [5.41, 5.74) is 0.510. The molecule has 0 fully saturated rings. The van der Waals surface area contributed by atoms with Gasteiger partial charge in [-0.15, -0.1) is 0 Å². The summed E-state index contributed by atoms with van der Waals surface area (Å²) >= 11 is 0. The molecule has 7 heteroatoms. The van der Waals surface area contributed by atoms with E-state index >= 15 is 0 Å². The summed E-state index contributed by atoms with van der Waals surface area (Å²) in [4.78, 5) is 16.5. The van der Waals surface area contributed by atoms with E-state index in [9.17, 15) is 19.6 Å². The second-order valence-corrected chi connectivity index (χ2v) is 5.39. The third kappa shape index (κ3) is 4.11. The van der Waals surface area contributed by atoms with E-state index in [0.29, 0.717) is 24.3 Å². The highest BCUT2D eigenvalue weighted by atomic mass is 19.1. The molecule has 0 bridgehead atoms. The molecule has 25 heavy (non-hydrogen) atoms. The molecule has 1 N–H and O–H groups in total. The van der Waals surface area contributed by atoms with E-state index in [-0.39, 0.29) is 29.4 Å². The monoisotopic (exact) mass is 343 g/mol. The van der Waals surface area contributed by atoms with Gasteiger partial charge in [0.25, 0.3) is 5.56 Å². The molecule has 0 spiro atoms. The van der Waals surface area contributed by atoms with E-state index in [1.807, 2.05) is 6.07 Å². The van der Waals surface area contributed by atoms with Gasteiger partial charge in [-0.25, -0.2) is 4.39 Å². The van der Waals surface area contributed by atoms with Gasteiger partial charge in [-0.1, -0.05) is 0 Å². The largest absolute Gasteiger partial charge is 0.494 e. The van der Waals surface area contributed by atoms with Gasteiger partial charge in [0, 0.05) is 26.5 Å². The van der Waals surface area contributed by atoms with Gasteiger partial charge in [-0.3, -0.25) is 14.4 Å². The fourth-order valence-electron chi connectivity index (χ4n) is 2.37. The van der Waals surface area contributed by atoms with Crippen LogP contribution in [0.15, 0.2) is 34.1 Å². The first-order valence-corrected chi connectivity index (χ1v) is 7.64. The minimum Gasteiger partial charge on any atom is -0.494 e. The average Bonchev–Trinajstić information content (AvgIpc) is 2.60. The topological polar surface area (TPSA) is 87.6 Å². The van der Waals surface area contributed by atoms with Crippen molar-refractivity contribution in [2.24, 2.45) is 4.99 Å². The fraction of sp³-hybridized carbons (Fsp3) is 0.278. The zero-order valence-electron chi connectivity index (χ0n) is 14.0. The van der Waals surface area contributed by atoms with E-state index in [4.69, 9.17) is 4.74 Å². The highest BCUT2D eigenvalue weighted by molar-refractivity contribution is 5.87. The van der Waals surface area contributed by atoms with Crippen molar-refractivity contribution in [2.75, 3.05) is 13.7 Å². The third-order valence-corrected chi connectivity index (χ3v) is 3.75. The van der Waals surface area contributed by atoms with Crippen LogP contribution in [-0.2, 0) is 11.3 Å². The molecule has 1 aromatic heterocycles. The van der Waals surface area contributed by atoms with Crippen LogP contribution < -0.4 is 5.56 Å². The van der Waals surface area contributed by atoms with E-state index in [1.165, 1.54) is 30.5 Å².